The van der Waals surface area contributed by atoms with Crippen LogP contribution >= 0.6 is 0 Å². The molecule has 2 N–H and O–H groups in total. The average molecular weight is 317 g/mol. The van der Waals surface area contributed by atoms with Crippen LogP contribution in [0.1, 0.15) is 19.8 Å². The van der Waals surface area contributed by atoms with Gasteiger partial charge in [0.15, 0.2) is 0 Å². The van der Waals surface area contributed by atoms with Crippen molar-refractivity contribution in [2.24, 2.45) is 0 Å². The summed E-state index contributed by atoms with van der Waals surface area (Å²) in [6.45, 7) is 8.26. The molecule has 0 amide bonds. The van der Waals surface area contributed by atoms with Crippen LogP contribution in [0.15, 0.2) is 0 Å². The second-order valence-electron chi connectivity index (χ2n) is 7.27. The third-order valence-electron chi connectivity index (χ3n) is 5.29. The lowest BCUT2D eigenvalue weighted by molar-refractivity contribution is -0.924. The molecule has 0 aromatic heterocycles. The van der Waals surface area contributed by atoms with E-state index in [4.69, 9.17) is 10.2 Å². The van der Waals surface area contributed by atoms with Crippen molar-refractivity contribution < 1.29 is 14.7 Å². The highest BCUT2D eigenvalue weighted by Crippen LogP contribution is 2.15. The van der Waals surface area contributed by atoms with E-state index in [0.29, 0.717) is 18.8 Å². The Morgan fingerprint density at radius 3 is 2.36 bits per heavy atom. The molecular weight excluding hydrogens is 280 g/mol. The summed E-state index contributed by atoms with van der Waals surface area (Å²) in [6.07, 6.45) is 2.79. The zero-order chi connectivity index (χ0) is 16.8. The van der Waals surface area contributed by atoms with E-state index < -0.39 is 0 Å². The highest BCUT2D eigenvalue weighted by molar-refractivity contribution is 4.79. The summed E-state index contributed by atoms with van der Waals surface area (Å²) in [5, 5.41) is 17.8. The van der Waals surface area contributed by atoms with Gasteiger partial charge < -0.3 is 14.7 Å². The van der Waals surface area contributed by atoms with E-state index in [9.17, 15) is 0 Å². The minimum atomic E-state index is 0.286. The van der Waals surface area contributed by atoms with E-state index in [1.54, 1.807) is 0 Å². The summed E-state index contributed by atoms with van der Waals surface area (Å²) in [4.78, 5) is 6.86. The van der Waals surface area contributed by atoms with Crippen molar-refractivity contribution in [3.8, 4) is 0 Å². The molecule has 2 rings (SSSR count). The summed E-state index contributed by atoms with van der Waals surface area (Å²) >= 11 is 0. The Labute approximate surface area is 136 Å². The van der Waals surface area contributed by atoms with E-state index in [-0.39, 0.29) is 6.61 Å². The van der Waals surface area contributed by atoms with Gasteiger partial charge in [-0.05, 0) is 34.5 Å². The molecular formula is C16H37N4O2+. The number of aliphatic hydroxyl groups excluding tert-OH is 2. The van der Waals surface area contributed by atoms with E-state index in [2.05, 4.69) is 49.8 Å². The first-order valence-corrected chi connectivity index (χ1v) is 8.49. The van der Waals surface area contributed by atoms with Gasteiger partial charge in [-0.15, -0.1) is 0 Å². The number of quaternary nitrogens is 1. The molecule has 22 heavy (non-hydrogen) atoms. The number of nitrogens with zero attached hydrogens (tertiary/aromatic N) is 4. The summed E-state index contributed by atoms with van der Waals surface area (Å²) < 4.78 is 1.01. The van der Waals surface area contributed by atoms with Crippen LogP contribution in [0.3, 0.4) is 0 Å². The molecule has 132 valence electrons. The number of likely N-dealkylation sites (N-methyl/N-ethyl adjacent to an activating group) is 2. The van der Waals surface area contributed by atoms with E-state index in [1.165, 1.54) is 19.5 Å². The lowest BCUT2D eigenvalue weighted by Gasteiger charge is -2.42. The highest BCUT2D eigenvalue weighted by atomic mass is 16.3. The topological polar surface area (TPSA) is 50.2 Å². The third-order valence-corrected chi connectivity index (χ3v) is 5.29. The second kappa shape index (κ2) is 9.15. The van der Waals surface area contributed by atoms with Crippen molar-refractivity contribution in [2.75, 3.05) is 74.3 Å². The maximum absolute atomic E-state index is 9.01. The first kappa shape index (κ1) is 19.8. The van der Waals surface area contributed by atoms with Crippen molar-refractivity contribution in [3.05, 3.63) is 0 Å². The van der Waals surface area contributed by atoms with E-state index in [1.807, 2.05) is 0 Å². The SMILES string of the molecule is CC1N(C)CCC(CO)N1C.CN1CCC[N+](C)(CCO)C1. The predicted octanol–water partition coefficient (Wildman–Crippen LogP) is -0.321. The molecule has 6 heteroatoms. The van der Waals surface area contributed by atoms with Crippen LogP contribution in [-0.2, 0) is 0 Å². The van der Waals surface area contributed by atoms with Crippen LogP contribution in [0.2, 0.25) is 0 Å². The Kier molecular flexibility index (Phi) is 8.24. The van der Waals surface area contributed by atoms with Crippen LogP contribution in [-0.4, -0.2) is 116 Å². The Hall–Kier alpha value is -0.240. The van der Waals surface area contributed by atoms with Gasteiger partial charge in [-0.25, -0.2) is 0 Å². The van der Waals surface area contributed by atoms with Crippen molar-refractivity contribution >= 4 is 0 Å². The highest BCUT2D eigenvalue weighted by Gasteiger charge is 2.27. The average Bonchev–Trinajstić information content (AvgIpc) is 2.45. The van der Waals surface area contributed by atoms with Crippen LogP contribution in [0.25, 0.3) is 0 Å². The monoisotopic (exact) mass is 317 g/mol. The molecule has 0 aromatic rings. The quantitative estimate of drug-likeness (QED) is 0.699. The summed E-state index contributed by atoms with van der Waals surface area (Å²) in [5.41, 5.74) is 0. The fourth-order valence-corrected chi connectivity index (χ4v) is 3.45. The first-order valence-electron chi connectivity index (χ1n) is 8.49. The molecule has 0 aliphatic carbocycles. The molecule has 0 spiro atoms. The summed E-state index contributed by atoms with van der Waals surface area (Å²) in [5.74, 6) is 0. The zero-order valence-corrected chi connectivity index (χ0v) is 15.2. The summed E-state index contributed by atoms with van der Waals surface area (Å²) in [6, 6.07) is 0.362. The number of hydrogen-bond acceptors (Lipinski definition) is 5. The fourth-order valence-electron chi connectivity index (χ4n) is 3.45. The van der Waals surface area contributed by atoms with Gasteiger partial charge in [0.2, 0.25) is 0 Å². The molecule has 0 saturated carbocycles. The molecule has 2 fully saturated rings. The van der Waals surface area contributed by atoms with Gasteiger partial charge in [0.25, 0.3) is 0 Å². The van der Waals surface area contributed by atoms with E-state index in [0.717, 1.165) is 30.7 Å². The first-order chi connectivity index (χ1) is 10.3. The van der Waals surface area contributed by atoms with Crippen LogP contribution < -0.4 is 0 Å². The molecule has 3 atom stereocenters. The van der Waals surface area contributed by atoms with Gasteiger partial charge in [0.05, 0.1) is 33.0 Å². The lowest BCUT2D eigenvalue weighted by Crippen LogP contribution is -2.56. The maximum atomic E-state index is 9.01. The molecule has 3 unspecified atom stereocenters. The van der Waals surface area contributed by atoms with Crippen LogP contribution in [0.5, 0.6) is 0 Å². The number of aliphatic hydroxyl groups is 2. The van der Waals surface area contributed by atoms with Crippen molar-refractivity contribution in [1.82, 2.24) is 14.7 Å². The van der Waals surface area contributed by atoms with Gasteiger partial charge in [-0.2, -0.15) is 0 Å². The number of hydrogen-bond donors (Lipinski definition) is 2. The van der Waals surface area contributed by atoms with Gasteiger partial charge in [0.1, 0.15) is 13.2 Å². The normalized spacial score (nSPS) is 35.0. The molecule has 0 radical (unpaired) electrons. The Bertz CT molecular complexity index is 313. The third kappa shape index (κ3) is 5.76. The van der Waals surface area contributed by atoms with Crippen molar-refractivity contribution in [3.63, 3.8) is 0 Å². The molecule has 0 aromatic carbocycles. The molecule has 2 saturated heterocycles. The second-order valence-corrected chi connectivity index (χ2v) is 7.27. The molecule has 2 heterocycles. The minimum Gasteiger partial charge on any atom is -0.395 e. The van der Waals surface area contributed by atoms with Crippen LogP contribution in [0, 0.1) is 0 Å². The smallest absolute Gasteiger partial charge is 0.134 e. The largest absolute Gasteiger partial charge is 0.395 e. The van der Waals surface area contributed by atoms with Crippen LogP contribution in [0.4, 0.5) is 0 Å². The molecule has 6 nitrogen and oxygen atoms in total. The fraction of sp³-hybridized carbons (Fsp3) is 1.00. The van der Waals surface area contributed by atoms with Crippen molar-refractivity contribution in [1.29, 1.82) is 0 Å². The van der Waals surface area contributed by atoms with Crippen molar-refractivity contribution in [2.45, 2.75) is 32.0 Å². The lowest BCUT2D eigenvalue weighted by atomic mass is 10.1. The minimum absolute atomic E-state index is 0.286. The number of rotatable bonds is 3. The zero-order valence-electron chi connectivity index (χ0n) is 15.2. The summed E-state index contributed by atoms with van der Waals surface area (Å²) in [7, 11) is 8.55. The standard InChI is InChI=1S/C8H18N2O.C8H19N2O/c1-7-9(2)5-4-8(6-11)10(7)3;1-9-4-3-5-10(2,8-9)6-7-11/h7-8,11H,4-6H2,1-3H3;11H,3-8H2,1-2H3/q;+1. The maximum Gasteiger partial charge on any atom is 0.134 e. The molecule has 0 bridgehead atoms. The Balaban J connectivity index is 0.000000220. The Morgan fingerprint density at radius 2 is 1.82 bits per heavy atom. The van der Waals surface area contributed by atoms with E-state index >= 15 is 0 Å². The van der Waals surface area contributed by atoms with Gasteiger partial charge in [-0.3, -0.25) is 14.7 Å². The molecule has 2 aliphatic heterocycles. The van der Waals surface area contributed by atoms with Gasteiger partial charge >= 0.3 is 0 Å². The molecule has 2 aliphatic rings. The predicted molar refractivity (Wildman–Crippen MR) is 90.5 cm³/mol. The van der Waals surface area contributed by atoms with Gasteiger partial charge in [-0.1, -0.05) is 0 Å². The van der Waals surface area contributed by atoms with Gasteiger partial charge in [0, 0.05) is 25.6 Å². The Morgan fingerprint density at radius 1 is 1.14 bits per heavy atom.